The Labute approximate surface area is 118 Å². The van der Waals surface area contributed by atoms with Crippen LogP contribution < -0.4 is 20.5 Å². The van der Waals surface area contributed by atoms with E-state index in [0.717, 1.165) is 23.6 Å². The number of benzene rings is 2. The van der Waals surface area contributed by atoms with E-state index < -0.39 is 0 Å². The monoisotopic (exact) mass is 270 g/mol. The molecule has 4 heteroatoms. The SMILES string of the molecule is NCC(NCc1ccccc1)c1ccc2c(c1)OCO2. The summed E-state index contributed by atoms with van der Waals surface area (Å²) in [6.45, 7) is 1.62. The average Bonchev–Trinajstić information content (AvgIpc) is 2.96. The second-order valence-electron chi connectivity index (χ2n) is 4.77. The second kappa shape index (κ2) is 5.94. The molecule has 0 bridgehead atoms. The first kappa shape index (κ1) is 13.0. The summed E-state index contributed by atoms with van der Waals surface area (Å²) in [5, 5.41) is 3.47. The van der Waals surface area contributed by atoms with E-state index in [2.05, 4.69) is 17.4 Å². The Hall–Kier alpha value is -2.04. The van der Waals surface area contributed by atoms with Gasteiger partial charge in [-0.3, -0.25) is 0 Å². The molecule has 0 saturated carbocycles. The largest absolute Gasteiger partial charge is 0.454 e. The molecule has 1 unspecified atom stereocenters. The maximum absolute atomic E-state index is 5.88. The fourth-order valence-electron chi connectivity index (χ4n) is 2.30. The third-order valence-electron chi connectivity index (χ3n) is 3.43. The van der Waals surface area contributed by atoms with Crippen molar-refractivity contribution in [3.8, 4) is 11.5 Å². The van der Waals surface area contributed by atoms with Gasteiger partial charge in [0, 0.05) is 19.1 Å². The van der Waals surface area contributed by atoms with Crippen molar-refractivity contribution in [1.29, 1.82) is 0 Å². The number of hydrogen-bond donors (Lipinski definition) is 2. The van der Waals surface area contributed by atoms with Gasteiger partial charge < -0.3 is 20.5 Å². The number of hydrogen-bond acceptors (Lipinski definition) is 4. The van der Waals surface area contributed by atoms with Gasteiger partial charge in [0.25, 0.3) is 0 Å². The van der Waals surface area contributed by atoms with Crippen LogP contribution >= 0.6 is 0 Å². The van der Waals surface area contributed by atoms with Gasteiger partial charge in [0.1, 0.15) is 0 Å². The van der Waals surface area contributed by atoms with Crippen molar-refractivity contribution in [3.63, 3.8) is 0 Å². The van der Waals surface area contributed by atoms with Crippen molar-refractivity contribution in [2.45, 2.75) is 12.6 Å². The van der Waals surface area contributed by atoms with Crippen LogP contribution in [0, 0.1) is 0 Å². The maximum Gasteiger partial charge on any atom is 0.231 e. The van der Waals surface area contributed by atoms with Crippen molar-refractivity contribution in [2.24, 2.45) is 5.73 Å². The van der Waals surface area contributed by atoms with Crippen LogP contribution in [-0.4, -0.2) is 13.3 Å². The molecular weight excluding hydrogens is 252 g/mol. The second-order valence-corrected chi connectivity index (χ2v) is 4.77. The fraction of sp³-hybridized carbons (Fsp3) is 0.250. The molecule has 20 heavy (non-hydrogen) atoms. The summed E-state index contributed by atoms with van der Waals surface area (Å²) >= 11 is 0. The molecule has 1 atom stereocenters. The summed E-state index contributed by atoms with van der Waals surface area (Å²) in [5.41, 5.74) is 8.24. The molecule has 0 amide bonds. The van der Waals surface area contributed by atoms with Gasteiger partial charge >= 0.3 is 0 Å². The zero-order chi connectivity index (χ0) is 13.8. The highest BCUT2D eigenvalue weighted by Crippen LogP contribution is 2.34. The summed E-state index contributed by atoms with van der Waals surface area (Å²) in [6.07, 6.45) is 0. The standard InChI is InChI=1S/C16H18N2O2/c17-9-14(18-10-12-4-2-1-3-5-12)13-6-7-15-16(8-13)20-11-19-15/h1-8,14,18H,9-11,17H2. The minimum Gasteiger partial charge on any atom is -0.454 e. The molecule has 1 heterocycles. The van der Waals surface area contributed by atoms with Crippen molar-refractivity contribution in [1.82, 2.24) is 5.32 Å². The van der Waals surface area contributed by atoms with E-state index in [9.17, 15) is 0 Å². The van der Waals surface area contributed by atoms with Crippen LogP contribution in [0.25, 0.3) is 0 Å². The Morgan fingerprint density at radius 3 is 2.65 bits per heavy atom. The lowest BCUT2D eigenvalue weighted by atomic mass is 10.1. The van der Waals surface area contributed by atoms with Gasteiger partial charge in [-0.2, -0.15) is 0 Å². The predicted molar refractivity (Wildman–Crippen MR) is 77.6 cm³/mol. The van der Waals surface area contributed by atoms with Gasteiger partial charge in [0.15, 0.2) is 11.5 Å². The van der Waals surface area contributed by atoms with Crippen molar-refractivity contribution in [3.05, 3.63) is 59.7 Å². The van der Waals surface area contributed by atoms with E-state index in [4.69, 9.17) is 15.2 Å². The van der Waals surface area contributed by atoms with E-state index in [1.165, 1.54) is 5.56 Å². The van der Waals surface area contributed by atoms with Crippen molar-refractivity contribution < 1.29 is 9.47 Å². The molecule has 104 valence electrons. The number of rotatable bonds is 5. The number of nitrogens with one attached hydrogen (secondary N) is 1. The van der Waals surface area contributed by atoms with Gasteiger partial charge in [0.2, 0.25) is 6.79 Å². The number of fused-ring (bicyclic) bond motifs is 1. The van der Waals surface area contributed by atoms with Crippen molar-refractivity contribution in [2.75, 3.05) is 13.3 Å². The van der Waals surface area contributed by atoms with Crippen LogP contribution in [0.3, 0.4) is 0 Å². The Morgan fingerprint density at radius 2 is 1.85 bits per heavy atom. The first-order valence-electron chi connectivity index (χ1n) is 6.74. The highest BCUT2D eigenvalue weighted by molar-refractivity contribution is 5.45. The van der Waals surface area contributed by atoms with Crippen LogP contribution in [0.5, 0.6) is 11.5 Å². The zero-order valence-corrected chi connectivity index (χ0v) is 11.2. The Kier molecular flexibility index (Phi) is 3.85. The van der Waals surface area contributed by atoms with Gasteiger partial charge in [-0.1, -0.05) is 36.4 Å². The predicted octanol–water partition coefficient (Wildman–Crippen LogP) is 2.20. The highest BCUT2D eigenvalue weighted by Gasteiger charge is 2.16. The fourth-order valence-corrected chi connectivity index (χ4v) is 2.30. The quantitative estimate of drug-likeness (QED) is 0.874. The third kappa shape index (κ3) is 2.76. The van der Waals surface area contributed by atoms with E-state index in [1.54, 1.807) is 0 Å². The Bertz CT molecular complexity index is 572. The molecule has 3 N–H and O–H groups in total. The number of ether oxygens (including phenoxy) is 2. The van der Waals surface area contributed by atoms with Crippen molar-refractivity contribution >= 4 is 0 Å². The minimum absolute atomic E-state index is 0.102. The first-order valence-corrected chi connectivity index (χ1v) is 6.74. The van der Waals surface area contributed by atoms with Gasteiger partial charge in [0.05, 0.1) is 0 Å². The van der Waals surface area contributed by atoms with Gasteiger partial charge in [-0.25, -0.2) is 0 Å². The van der Waals surface area contributed by atoms with Crippen LogP contribution in [-0.2, 0) is 6.54 Å². The molecule has 0 radical (unpaired) electrons. The van der Waals surface area contributed by atoms with E-state index in [-0.39, 0.29) is 6.04 Å². The molecule has 0 fully saturated rings. The first-order chi connectivity index (χ1) is 9.86. The smallest absolute Gasteiger partial charge is 0.231 e. The van der Waals surface area contributed by atoms with Crippen LogP contribution in [0.1, 0.15) is 17.2 Å². The molecule has 3 rings (SSSR count). The lowest BCUT2D eigenvalue weighted by molar-refractivity contribution is 0.174. The number of nitrogens with two attached hydrogens (primary N) is 1. The molecule has 2 aromatic rings. The van der Waals surface area contributed by atoms with Gasteiger partial charge in [-0.05, 0) is 23.3 Å². The van der Waals surface area contributed by atoms with Crippen LogP contribution in [0.2, 0.25) is 0 Å². The Balaban J connectivity index is 1.70. The summed E-state index contributed by atoms with van der Waals surface area (Å²) in [7, 11) is 0. The third-order valence-corrected chi connectivity index (χ3v) is 3.43. The van der Waals surface area contributed by atoms with E-state index in [1.807, 2.05) is 36.4 Å². The molecule has 1 aliphatic rings. The molecule has 0 saturated heterocycles. The average molecular weight is 270 g/mol. The molecule has 1 aliphatic heterocycles. The molecule has 2 aromatic carbocycles. The maximum atomic E-state index is 5.88. The summed E-state index contributed by atoms with van der Waals surface area (Å²) < 4.78 is 10.7. The minimum atomic E-state index is 0.102. The molecule has 0 aromatic heterocycles. The highest BCUT2D eigenvalue weighted by atomic mass is 16.7. The van der Waals surface area contributed by atoms with E-state index in [0.29, 0.717) is 13.3 Å². The lowest BCUT2D eigenvalue weighted by Gasteiger charge is -2.17. The molecule has 0 spiro atoms. The molecule has 0 aliphatic carbocycles. The topological polar surface area (TPSA) is 56.5 Å². The van der Waals surface area contributed by atoms with Crippen LogP contribution in [0.4, 0.5) is 0 Å². The molecule has 4 nitrogen and oxygen atoms in total. The zero-order valence-electron chi connectivity index (χ0n) is 11.2. The van der Waals surface area contributed by atoms with Gasteiger partial charge in [-0.15, -0.1) is 0 Å². The Morgan fingerprint density at radius 1 is 1.05 bits per heavy atom. The summed E-state index contributed by atoms with van der Waals surface area (Å²) in [4.78, 5) is 0. The summed E-state index contributed by atoms with van der Waals surface area (Å²) in [5.74, 6) is 1.59. The lowest BCUT2D eigenvalue weighted by Crippen LogP contribution is -2.27. The van der Waals surface area contributed by atoms with E-state index >= 15 is 0 Å². The van der Waals surface area contributed by atoms with Crippen LogP contribution in [0.15, 0.2) is 48.5 Å². The normalized spacial score (nSPS) is 14.2. The molecular formula is C16H18N2O2. The summed E-state index contributed by atoms with van der Waals surface area (Å²) in [6, 6.07) is 16.3.